The minimum Gasteiger partial charge on any atom is -0.368 e. The Labute approximate surface area is 157 Å². The number of rotatable bonds is 6. The third-order valence-corrected chi connectivity index (χ3v) is 5.63. The van der Waals surface area contributed by atoms with Crippen molar-refractivity contribution < 1.29 is 0 Å². The summed E-state index contributed by atoms with van der Waals surface area (Å²) in [4.78, 5) is 12.2. The molecule has 0 aliphatic carbocycles. The van der Waals surface area contributed by atoms with Gasteiger partial charge in [-0.3, -0.25) is 4.98 Å². The van der Waals surface area contributed by atoms with Crippen LogP contribution >= 0.6 is 0 Å². The minimum atomic E-state index is 0.888. The molecule has 1 saturated heterocycles. The fraction of sp³-hybridized carbons (Fsp3) is 0.500. The summed E-state index contributed by atoms with van der Waals surface area (Å²) in [6.45, 7) is 8.06. The average Bonchev–Trinajstić information content (AvgIpc) is 2.71. The van der Waals surface area contributed by atoms with Crippen molar-refractivity contribution in [2.24, 2.45) is 0 Å². The van der Waals surface area contributed by atoms with Crippen LogP contribution in [0, 0.1) is 0 Å². The van der Waals surface area contributed by atoms with Gasteiger partial charge in [0.25, 0.3) is 0 Å². The summed E-state index contributed by atoms with van der Waals surface area (Å²) < 4.78 is 0. The molecule has 2 aliphatic rings. The van der Waals surface area contributed by atoms with E-state index in [4.69, 9.17) is 0 Å². The average molecular weight is 351 g/mol. The molecule has 4 nitrogen and oxygen atoms in total. The summed E-state index contributed by atoms with van der Waals surface area (Å²) in [6, 6.07) is 15.0. The third-order valence-electron chi connectivity index (χ3n) is 5.63. The highest BCUT2D eigenvalue weighted by molar-refractivity contribution is 5.73. The number of anilines is 2. The molecule has 3 heterocycles. The first kappa shape index (κ1) is 17.3. The quantitative estimate of drug-likeness (QED) is 0.791. The maximum Gasteiger partial charge on any atom is 0.0608 e. The van der Waals surface area contributed by atoms with Gasteiger partial charge in [-0.15, -0.1) is 0 Å². The highest BCUT2D eigenvalue weighted by Gasteiger charge is 2.22. The van der Waals surface area contributed by atoms with Gasteiger partial charge in [-0.1, -0.05) is 24.6 Å². The van der Waals surface area contributed by atoms with Gasteiger partial charge in [0.2, 0.25) is 0 Å². The fourth-order valence-electron chi connectivity index (χ4n) is 4.23. The van der Waals surface area contributed by atoms with Crippen molar-refractivity contribution in [3.05, 3.63) is 54.4 Å². The first-order valence-corrected chi connectivity index (χ1v) is 10.1. The van der Waals surface area contributed by atoms with E-state index < -0.39 is 0 Å². The normalized spacial score (nSPS) is 18.0. The Balaban J connectivity index is 1.39. The van der Waals surface area contributed by atoms with Crippen LogP contribution in [0.25, 0.3) is 0 Å². The summed E-state index contributed by atoms with van der Waals surface area (Å²) >= 11 is 0. The molecule has 0 unspecified atom stereocenters. The molecular formula is C22H30N4. The molecule has 0 bridgehead atoms. The molecular weight excluding hydrogens is 320 g/mol. The van der Waals surface area contributed by atoms with Crippen molar-refractivity contribution in [2.45, 2.75) is 32.2 Å². The molecule has 1 fully saturated rings. The number of likely N-dealkylation sites (tertiary alicyclic amines) is 1. The molecule has 138 valence electrons. The van der Waals surface area contributed by atoms with Crippen LogP contribution in [0.1, 0.15) is 31.4 Å². The van der Waals surface area contributed by atoms with Crippen molar-refractivity contribution in [1.82, 2.24) is 9.88 Å². The van der Waals surface area contributed by atoms with E-state index >= 15 is 0 Å². The van der Waals surface area contributed by atoms with Crippen molar-refractivity contribution in [3.8, 4) is 0 Å². The van der Waals surface area contributed by atoms with E-state index in [0.29, 0.717) is 0 Å². The zero-order valence-corrected chi connectivity index (χ0v) is 15.7. The Morgan fingerprint density at radius 2 is 1.46 bits per heavy atom. The molecule has 1 aromatic carbocycles. The number of hydrogen-bond acceptors (Lipinski definition) is 4. The predicted octanol–water partition coefficient (Wildman–Crippen LogP) is 3.78. The number of fused-ring (bicyclic) bond motifs is 1. The Morgan fingerprint density at radius 3 is 2.23 bits per heavy atom. The van der Waals surface area contributed by atoms with Gasteiger partial charge in [-0.25, -0.2) is 0 Å². The second-order valence-corrected chi connectivity index (χ2v) is 7.47. The molecule has 4 heteroatoms. The lowest BCUT2D eigenvalue weighted by Gasteiger charge is -2.39. The molecule has 2 aromatic rings. The molecule has 0 saturated carbocycles. The van der Waals surface area contributed by atoms with Gasteiger partial charge >= 0.3 is 0 Å². The van der Waals surface area contributed by atoms with E-state index in [9.17, 15) is 0 Å². The third kappa shape index (κ3) is 4.18. The zero-order valence-electron chi connectivity index (χ0n) is 15.7. The summed E-state index contributed by atoms with van der Waals surface area (Å²) in [7, 11) is 0. The van der Waals surface area contributed by atoms with Crippen molar-refractivity contribution in [2.75, 3.05) is 49.1 Å². The summed E-state index contributed by atoms with van der Waals surface area (Å²) in [6.07, 6.45) is 7.33. The fourth-order valence-corrected chi connectivity index (χ4v) is 4.23. The highest BCUT2D eigenvalue weighted by atomic mass is 15.3. The number of para-hydroxylation sites is 2. The van der Waals surface area contributed by atoms with Gasteiger partial charge in [0.15, 0.2) is 0 Å². The Hall–Kier alpha value is -2.07. The van der Waals surface area contributed by atoms with E-state index in [-0.39, 0.29) is 0 Å². The van der Waals surface area contributed by atoms with Crippen molar-refractivity contribution in [1.29, 1.82) is 0 Å². The first-order valence-electron chi connectivity index (χ1n) is 10.1. The monoisotopic (exact) mass is 350 g/mol. The molecule has 0 N–H and O–H groups in total. The van der Waals surface area contributed by atoms with Crippen molar-refractivity contribution in [3.63, 3.8) is 0 Å². The lowest BCUT2D eigenvalue weighted by Crippen LogP contribution is -2.42. The van der Waals surface area contributed by atoms with E-state index in [0.717, 1.165) is 31.9 Å². The molecule has 4 rings (SSSR count). The van der Waals surface area contributed by atoms with Crippen molar-refractivity contribution >= 4 is 11.4 Å². The van der Waals surface area contributed by atoms with Crippen LogP contribution in [0.4, 0.5) is 11.4 Å². The molecule has 0 amide bonds. The molecule has 2 aliphatic heterocycles. The van der Waals surface area contributed by atoms with Gasteiger partial charge in [-0.2, -0.15) is 0 Å². The van der Waals surface area contributed by atoms with Gasteiger partial charge in [-0.05, 0) is 63.2 Å². The summed E-state index contributed by atoms with van der Waals surface area (Å²) in [5, 5.41) is 0. The number of aromatic nitrogens is 1. The lowest BCUT2D eigenvalue weighted by atomic mass is 10.1. The number of nitrogens with zero attached hydrogens (tertiary/aromatic N) is 4. The largest absolute Gasteiger partial charge is 0.368 e. The van der Waals surface area contributed by atoms with E-state index in [2.05, 4.69) is 56.1 Å². The second-order valence-electron chi connectivity index (χ2n) is 7.47. The minimum absolute atomic E-state index is 0.888. The Morgan fingerprint density at radius 1 is 0.731 bits per heavy atom. The molecule has 1 aromatic heterocycles. The lowest BCUT2D eigenvalue weighted by molar-refractivity contribution is 0.227. The van der Waals surface area contributed by atoms with Gasteiger partial charge < -0.3 is 14.7 Å². The predicted molar refractivity (Wildman–Crippen MR) is 109 cm³/mol. The number of benzene rings is 1. The SMILES string of the molecule is c1ccc(CN2CCN(CCCN3CCCCC3)c3ccccc32)nc1. The van der Waals surface area contributed by atoms with Gasteiger partial charge in [0, 0.05) is 25.8 Å². The van der Waals surface area contributed by atoms with Gasteiger partial charge in [0.1, 0.15) is 0 Å². The van der Waals surface area contributed by atoms with Crippen LogP contribution in [-0.4, -0.2) is 49.2 Å². The Kier molecular flexibility index (Phi) is 5.70. The van der Waals surface area contributed by atoms with Crippen LogP contribution < -0.4 is 9.80 Å². The van der Waals surface area contributed by atoms with Crippen LogP contribution in [-0.2, 0) is 6.54 Å². The standard InChI is InChI=1S/C22H30N4/c1-6-13-24(14-7-1)15-8-16-25-17-18-26(19-20-9-4-5-12-23-20)22-11-3-2-10-21(22)25/h2-5,9-12H,1,6-8,13-19H2. The van der Waals surface area contributed by atoms with E-state index in [1.165, 1.54) is 56.7 Å². The highest BCUT2D eigenvalue weighted by Crippen LogP contribution is 2.33. The van der Waals surface area contributed by atoms with Crippen LogP contribution in [0.15, 0.2) is 48.7 Å². The van der Waals surface area contributed by atoms with Crippen LogP contribution in [0.3, 0.4) is 0 Å². The summed E-state index contributed by atoms with van der Waals surface area (Å²) in [5.74, 6) is 0. The van der Waals surface area contributed by atoms with Gasteiger partial charge in [0.05, 0.1) is 23.6 Å². The van der Waals surface area contributed by atoms with Crippen LogP contribution in [0.2, 0.25) is 0 Å². The molecule has 26 heavy (non-hydrogen) atoms. The van der Waals surface area contributed by atoms with Crippen LogP contribution in [0.5, 0.6) is 0 Å². The topological polar surface area (TPSA) is 22.6 Å². The zero-order chi connectivity index (χ0) is 17.6. The number of piperidine rings is 1. The maximum absolute atomic E-state index is 4.51. The molecule has 0 spiro atoms. The summed E-state index contributed by atoms with van der Waals surface area (Å²) in [5.41, 5.74) is 3.87. The Bertz CT molecular complexity index is 682. The second kappa shape index (κ2) is 8.54. The number of pyridine rings is 1. The van der Waals surface area contributed by atoms with E-state index in [1.807, 2.05) is 12.3 Å². The molecule has 0 radical (unpaired) electrons. The first-order chi connectivity index (χ1) is 12.9. The molecule has 0 atom stereocenters. The van der Waals surface area contributed by atoms with E-state index in [1.54, 1.807) is 0 Å². The smallest absolute Gasteiger partial charge is 0.0608 e. The number of hydrogen-bond donors (Lipinski definition) is 0. The maximum atomic E-state index is 4.51.